The van der Waals surface area contributed by atoms with Crippen molar-refractivity contribution in [2.45, 2.75) is 13.0 Å². The van der Waals surface area contributed by atoms with E-state index in [1.54, 1.807) is 0 Å². The van der Waals surface area contributed by atoms with Crippen LogP contribution in [-0.4, -0.2) is 35.9 Å². The highest BCUT2D eigenvalue weighted by Gasteiger charge is 2.27. The van der Waals surface area contributed by atoms with E-state index < -0.39 is 0 Å². The normalized spacial score (nSPS) is 35.2. The predicted molar refractivity (Wildman–Crippen MR) is 31.3 cm³/mol. The van der Waals surface area contributed by atoms with Gasteiger partial charge in [0.1, 0.15) is 0 Å². The number of hydrazine groups is 1. The van der Waals surface area contributed by atoms with Crippen LogP contribution in [0.2, 0.25) is 0 Å². The molecular weight excluding hydrogens is 104 g/mol. The summed E-state index contributed by atoms with van der Waals surface area (Å²) in [4.78, 5) is 0. The Kier molecular flexibility index (Phi) is 1.83. The maximum absolute atomic E-state index is 8.34. The Balaban J connectivity index is 1.89. The van der Waals surface area contributed by atoms with E-state index in [2.05, 4.69) is 17.4 Å². The molecule has 1 rings (SSSR count). The zero-order valence-electron chi connectivity index (χ0n) is 5.09. The second-order valence-electron chi connectivity index (χ2n) is 2.13. The first-order valence-corrected chi connectivity index (χ1v) is 2.95. The van der Waals surface area contributed by atoms with Gasteiger partial charge in [-0.05, 0) is 6.92 Å². The van der Waals surface area contributed by atoms with Gasteiger partial charge in [0.05, 0.1) is 6.61 Å². The first-order valence-electron chi connectivity index (χ1n) is 2.95. The number of rotatable bonds is 3. The fourth-order valence-corrected chi connectivity index (χ4v) is 0.652. The van der Waals surface area contributed by atoms with Crippen molar-refractivity contribution < 1.29 is 5.11 Å². The number of aliphatic hydroxyl groups excluding tert-OH is 1. The van der Waals surface area contributed by atoms with Crippen molar-refractivity contribution >= 4 is 0 Å². The van der Waals surface area contributed by atoms with Gasteiger partial charge in [-0.3, -0.25) is 5.43 Å². The van der Waals surface area contributed by atoms with Gasteiger partial charge in [0, 0.05) is 19.1 Å². The molecule has 0 saturated carbocycles. The SMILES string of the molecule is CC1CN1NCCO. The minimum absolute atomic E-state index is 0.225. The van der Waals surface area contributed by atoms with Gasteiger partial charge in [-0.2, -0.15) is 0 Å². The average Bonchev–Trinajstić information content (AvgIpc) is 2.42. The third kappa shape index (κ3) is 1.43. The first-order chi connectivity index (χ1) is 3.84. The van der Waals surface area contributed by atoms with Gasteiger partial charge in [0.2, 0.25) is 0 Å². The van der Waals surface area contributed by atoms with E-state index in [4.69, 9.17) is 5.11 Å². The lowest BCUT2D eigenvalue weighted by Crippen LogP contribution is -2.25. The Hall–Kier alpha value is -0.120. The van der Waals surface area contributed by atoms with Gasteiger partial charge in [0.15, 0.2) is 0 Å². The molecule has 8 heavy (non-hydrogen) atoms. The summed E-state index contributed by atoms with van der Waals surface area (Å²) >= 11 is 0. The Morgan fingerprint density at radius 3 is 2.88 bits per heavy atom. The molecule has 1 heterocycles. The summed E-state index contributed by atoms with van der Waals surface area (Å²) in [5.41, 5.74) is 3.04. The highest BCUT2D eigenvalue weighted by atomic mass is 16.3. The summed E-state index contributed by atoms with van der Waals surface area (Å²) < 4.78 is 0. The Bertz CT molecular complexity index is 76.8. The van der Waals surface area contributed by atoms with Crippen molar-refractivity contribution in [1.82, 2.24) is 10.4 Å². The van der Waals surface area contributed by atoms with Crippen molar-refractivity contribution in [2.75, 3.05) is 19.7 Å². The largest absolute Gasteiger partial charge is 0.395 e. The number of hydrogen-bond acceptors (Lipinski definition) is 3. The lowest BCUT2D eigenvalue weighted by Gasteiger charge is -1.99. The molecule has 2 unspecified atom stereocenters. The van der Waals surface area contributed by atoms with E-state index in [0.29, 0.717) is 12.6 Å². The molecule has 1 aliphatic rings. The third-order valence-corrected chi connectivity index (χ3v) is 1.29. The van der Waals surface area contributed by atoms with Crippen LogP contribution in [0.3, 0.4) is 0 Å². The standard InChI is InChI=1S/C5H12N2O/c1-5-4-7(5)6-2-3-8/h5-6,8H,2-4H2,1H3. The van der Waals surface area contributed by atoms with E-state index in [1.807, 2.05) is 0 Å². The van der Waals surface area contributed by atoms with Crippen LogP contribution in [-0.2, 0) is 0 Å². The summed E-state index contributed by atoms with van der Waals surface area (Å²) in [6, 6.07) is 0.682. The van der Waals surface area contributed by atoms with Gasteiger partial charge in [-0.25, -0.2) is 5.01 Å². The molecule has 2 atom stereocenters. The predicted octanol–water partition coefficient (Wildman–Crippen LogP) is -0.813. The Morgan fingerprint density at radius 1 is 1.88 bits per heavy atom. The zero-order valence-corrected chi connectivity index (χ0v) is 5.09. The van der Waals surface area contributed by atoms with E-state index in [1.165, 1.54) is 0 Å². The van der Waals surface area contributed by atoms with Crippen LogP contribution in [0.1, 0.15) is 6.92 Å². The van der Waals surface area contributed by atoms with Crippen molar-refractivity contribution in [1.29, 1.82) is 0 Å². The van der Waals surface area contributed by atoms with E-state index >= 15 is 0 Å². The molecule has 48 valence electrons. The summed E-state index contributed by atoms with van der Waals surface area (Å²) in [6.07, 6.45) is 0. The molecule has 3 nitrogen and oxygen atoms in total. The number of nitrogens with one attached hydrogen (secondary N) is 1. The molecule has 1 fully saturated rings. The molecule has 0 aromatic carbocycles. The maximum Gasteiger partial charge on any atom is 0.0570 e. The van der Waals surface area contributed by atoms with Crippen LogP contribution in [0.5, 0.6) is 0 Å². The van der Waals surface area contributed by atoms with Crippen LogP contribution in [0, 0.1) is 0 Å². The zero-order chi connectivity index (χ0) is 5.98. The Labute approximate surface area is 49.3 Å². The van der Waals surface area contributed by atoms with Gasteiger partial charge in [-0.15, -0.1) is 0 Å². The average molecular weight is 116 g/mol. The van der Waals surface area contributed by atoms with Gasteiger partial charge in [0.25, 0.3) is 0 Å². The van der Waals surface area contributed by atoms with E-state index in [0.717, 1.165) is 6.54 Å². The van der Waals surface area contributed by atoms with Crippen molar-refractivity contribution in [3.05, 3.63) is 0 Å². The quantitative estimate of drug-likeness (QED) is 0.473. The molecule has 1 aliphatic heterocycles. The number of hydrogen-bond donors (Lipinski definition) is 2. The highest BCUT2D eigenvalue weighted by Crippen LogP contribution is 2.09. The monoisotopic (exact) mass is 116 g/mol. The molecule has 3 heteroatoms. The van der Waals surface area contributed by atoms with Gasteiger partial charge >= 0.3 is 0 Å². The molecule has 0 aromatic heterocycles. The fraction of sp³-hybridized carbons (Fsp3) is 1.00. The molecule has 2 N–H and O–H groups in total. The minimum atomic E-state index is 0.225. The van der Waals surface area contributed by atoms with Crippen molar-refractivity contribution in [3.63, 3.8) is 0 Å². The van der Waals surface area contributed by atoms with Crippen LogP contribution < -0.4 is 5.43 Å². The molecule has 0 spiro atoms. The summed E-state index contributed by atoms with van der Waals surface area (Å²) in [7, 11) is 0. The van der Waals surface area contributed by atoms with E-state index in [-0.39, 0.29) is 6.61 Å². The molecule has 0 aliphatic carbocycles. The van der Waals surface area contributed by atoms with Crippen LogP contribution >= 0.6 is 0 Å². The summed E-state index contributed by atoms with van der Waals surface area (Å²) in [5.74, 6) is 0. The highest BCUT2D eigenvalue weighted by molar-refractivity contribution is 4.80. The van der Waals surface area contributed by atoms with E-state index in [9.17, 15) is 0 Å². The minimum Gasteiger partial charge on any atom is -0.395 e. The molecule has 0 bridgehead atoms. The van der Waals surface area contributed by atoms with Crippen LogP contribution in [0.15, 0.2) is 0 Å². The van der Waals surface area contributed by atoms with Gasteiger partial charge < -0.3 is 5.11 Å². The van der Waals surface area contributed by atoms with Crippen molar-refractivity contribution in [2.24, 2.45) is 0 Å². The lowest BCUT2D eigenvalue weighted by atomic mass is 10.6. The third-order valence-electron chi connectivity index (χ3n) is 1.29. The van der Waals surface area contributed by atoms with Crippen LogP contribution in [0.25, 0.3) is 0 Å². The number of nitrogens with zero attached hydrogens (tertiary/aromatic N) is 1. The molecule has 0 aromatic rings. The first kappa shape index (κ1) is 6.01. The maximum atomic E-state index is 8.34. The smallest absolute Gasteiger partial charge is 0.0570 e. The molecule has 1 saturated heterocycles. The fourth-order valence-electron chi connectivity index (χ4n) is 0.652. The second-order valence-corrected chi connectivity index (χ2v) is 2.13. The van der Waals surface area contributed by atoms with Crippen molar-refractivity contribution in [3.8, 4) is 0 Å². The molecule has 0 radical (unpaired) electrons. The number of aliphatic hydroxyl groups is 1. The molecular formula is C5H12N2O. The van der Waals surface area contributed by atoms with Gasteiger partial charge in [-0.1, -0.05) is 0 Å². The van der Waals surface area contributed by atoms with Crippen LogP contribution in [0.4, 0.5) is 0 Å². The Morgan fingerprint density at radius 2 is 2.50 bits per heavy atom. The second kappa shape index (κ2) is 2.44. The summed E-state index contributed by atoms with van der Waals surface area (Å²) in [5, 5.41) is 10.4. The molecule has 0 amide bonds. The lowest BCUT2D eigenvalue weighted by molar-refractivity contribution is 0.256. The summed E-state index contributed by atoms with van der Waals surface area (Å²) in [6.45, 7) is 4.18. The topological polar surface area (TPSA) is 35.3 Å².